The number of carbonyl (C=O) groups excluding carboxylic acids is 1. The van der Waals surface area contributed by atoms with Crippen LogP contribution in [0.25, 0.3) is 11.5 Å². The van der Waals surface area contributed by atoms with E-state index in [0.29, 0.717) is 17.5 Å². The van der Waals surface area contributed by atoms with Crippen LogP contribution in [0.15, 0.2) is 52.9 Å². The van der Waals surface area contributed by atoms with Crippen molar-refractivity contribution in [2.24, 2.45) is 0 Å². The normalized spacial score (nSPS) is 10.4. The molecule has 3 rings (SSSR count). The average Bonchev–Trinajstić information content (AvgIpc) is 3.02. The van der Waals surface area contributed by atoms with Gasteiger partial charge in [-0.1, -0.05) is 12.1 Å². The number of nitrogens with zero attached hydrogens (tertiary/aromatic N) is 2. The first kappa shape index (κ1) is 15.7. The Morgan fingerprint density at radius 3 is 2.58 bits per heavy atom. The van der Waals surface area contributed by atoms with Crippen molar-refractivity contribution in [1.82, 2.24) is 10.2 Å². The van der Waals surface area contributed by atoms with Crippen molar-refractivity contribution in [2.45, 2.75) is 6.92 Å². The minimum Gasteiger partial charge on any atom is -0.484 e. The van der Waals surface area contributed by atoms with Crippen LogP contribution in [0.4, 0.5) is 10.1 Å². The second kappa shape index (κ2) is 6.91. The van der Waals surface area contributed by atoms with Gasteiger partial charge in [-0.15, -0.1) is 10.2 Å². The number of nitrogens with one attached hydrogen (secondary N) is 1. The van der Waals surface area contributed by atoms with Crippen LogP contribution in [0, 0.1) is 12.7 Å². The van der Waals surface area contributed by atoms with Crippen LogP contribution in [0.1, 0.15) is 5.89 Å². The van der Waals surface area contributed by atoms with Gasteiger partial charge in [0.25, 0.3) is 5.91 Å². The molecular formula is C17H14FN3O3. The zero-order chi connectivity index (χ0) is 16.9. The molecule has 0 atom stereocenters. The van der Waals surface area contributed by atoms with Crippen molar-refractivity contribution in [2.75, 3.05) is 11.9 Å². The molecule has 1 aromatic heterocycles. The maximum absolute atomic E-state index is 13.4. The van der Waals surface area contributed by atoms with E-state index in [9.17, 15) is 9.18 Å². The molecule has 24 heavy (non-hydrogen) atoms. The molecule has 0 saturated heterocycles. The fraction of sp³-hybridized carbons (Fsp3) is 0.118. The number of para-hydroxylation sites is 1. The largest absolute Gasteiger partial charge is 0.484 e. The number of amides is 1. The zero-order valence-electron chi connectivity index (χ0n) is 12.8. The quantitative estimate of drug-likeness (QED) is 0.778. The number of anilines is 1. The lowest BCUT2D eigenvalue weighted by atomic mass is 10.2. The van der Waals surface area contributed by atoms with E-state index in [-0.39, 0.29) is 12.3 Å². The molecule has 0 bridgehead atoms. The van der Waals surface area contributed by atoms with Crippen molar-refractivity contribution in [3.63, 3.8) is 0 Å². The number of rotatable bonds is 5. The van der Waals surface area contributed by atoms with E-state index in [1.807, 2.05) is 0 Å². The van der Waals surface area contributed by atoms with E-state index >= 15 is 0 Å². The first-order valence-electron chi connectivity index (χ1n) is 7.19. The van der Waals surface area contributed by atoms with Gasteiger partial charge in [-0.05, 0) is 36.4 Å². The van der Waals surface area contributed by atoms with E-state index in [1.165, 1.54) is 12.1 Å². The number of halogens is 1. The Labute approximate surface area is 137 Å². The average molecular weight is 327 g/mol. The Kier molecular flexibility index (Phi) is 4.51. The predicted molar refractivity (Wildman–Crippen MR) is 85.0 cm³/mol. The summed E-state index contributed by atoms with van der Waals surface area (Å²) in [5.41, 5.74) is 0.868. The van der Waals surface area contributed by atoms with E-state index in [4.69, 9.17) is 9.15 Å². The molecular weight excluding hydrogens is 313 g/mol. The Morgan fingerprint density at radius 2 is 1.92 bits per heavy atom. The molecule has 6 nitrogen and oxygen atoms in total. The smallest absolute Gasteiger partial charge is 0.262 e. The third-order valence-corrected chi connectivity index (χ3v) is 3.15. The summed E-state index contributed by atoms with van der Waals surface area (Å²) < 4.78 is 24.1. The Morgan fingerprint density at radius 1 is 1.17 bits per heavy atom. The van der Waals surface area contributed by atoms with E-state index in [1.54, 1.807) is 43.3 Å². The SMILES string of the molecule is Cc1nnc(-c2ccc(OCC(=O)Nc3ccccc3F)cc2)o1. The summed E-state index contributed by atoms with van der Waals surface area (Å²) in [7, 11) is 0. The summed E-state index contributed by atoms with van der Waals surface area (Å²) in [6.45, 7) is 1.48. The fourth-order valence-electron chi connectivity index (χ4n) is 2.00. The van der Waals surface area contributed by atoms with Crippen LogP contribution in [-0.4, -0.2) is 22.7 Å². The van der Waals surface area contributed by atoms with Crippen LogP contribution in [-0.2, 0) is 4.79 Å². The van der Waals surface area contributed by atoms with Gasteiger partial charge >= 0.3 is 0 Å². The molecule has 0 radical (unpaired) electrons. The number of carbonyl (C=O) groups is 1. The van der Waals surface area contributed by atoms with Gasteiger partial charge in [0, 0.05) is 12.5 Å². The van der Waals surface area contributed by atoms with Gasteiger partial charge < -0.3 is 14.5 Å². The van der Waals surface area contributed by atoms with Gasteiger partial charge in [0.05, 0.1) is 5.69 Å². The van der Waals surface area contributed by atoms with Crippen LogP contribution in [0.2, 0.25) is 0 Å². The molecule has 0 unspecified atom stereocenters. The third kappa shape index (κ3) is 3.75. The second-order valence-electron chi connectivity index (χ2n) is 4.97. The second-order valence-corrected chi connectivity index (χ2v) is 4.97. The summed E-state index contributed by atoms with van der Waals surface area (Å²) in [5.74, 6) is 0.451. The molecule has 0 fully saturated rings. The zero-order valence-corrected chi connectivity index (χ0v) is 12.8. The number of aromatic nitrogens is 2. The lowest BCUT2D eigenvalue weighted by Gasteiger charge is -2.08. The molecule has 3 aromatic rings. The molecule has 1 heterocycles. The van der Waals surface area contributed by atoms with Crippen molar-refractivity contribution < 1.29 is 18.3 Å². The number of benzene rings is 2. The van der Waals surface area contributed by atoms with Gasteiger partial charge in [-0.2, -0.15) is 0 Å². The molecule has 0 aliphatic rings. The number of hydrogen-bond donors (Lipinski definition) is 1. The summed E-state index contributed by atoms with van der Waals surface area (Å²) in [4.78, 5) is 11.8. The monoisotopic (exact) mass is 327 g/mol. The molecule has 0 saturated carbocycles. The van der Waals surface area contributed by atoms with Crippen LogP contribution in [0.5, 0.6) is 5.75 Å². The standard InChI is InChI=1S/C17H14FN3O3/c1-11-20-21-17(24-11)12-6-8-13(9-7-12)23-10-16(22)19-15-5-3-2-4-14(15)18/h2-9H,10H2,1H3,(H,19,22). The van der Waals surface area contributed by atoms with Gasteiger partial charge in [0.2, 0.25) is 11.8 Å². The first-order chi connectivity index (χ1) is 11.6. The van der Waals surface area contributed by atoms with Crippen molar-refractivity contribution in [1.29, 1.82) is 0 Å². The Balaban J connectivity index is 1.57. The summed E-state index contributed by atoms with van der Waals surface area (Å²) in [5, 5.41) is 10.1. The highest BCUT2D eigenvalue weighted by atomic mass is 19.1. The predicted octanol–water partition coefficient (Wildman–Crippen LogP) is 3.20. The summed E-state index contributed by atoms with van der Waals surface area (Å²) >= 11 is 0. The highest BCUT2D eigenvalue weighted by molar-refractivity contribution is 5.91. The van der Waals surface area contributed by atoms with E-state index in [0.717, 1.165) is 5.56 Å². The molecule has 2 aromatic carbocycles. The highest BCUT2D eigenvalue weighted by Crippen LogP contribution is 2.21. The topological polar surface area (TPSA) is 77.2 Å². The van der Waals surface area contributed by atoms with Crippen molar-refractivity contribution in [3.05, 3.63) is 60.2 Å². The lowest BCUT2D eigenvalue weighted by molar-refractivity contribution is -0.118. The maximum Gasteiger partial charge on any atom is 0.262 e. The molecule has 7 heteroatoms. The molecule has 1 amide bonds. The molecule has 1 N–H and O–H groups in total. The van der Waals surface area contributed by atoms with E-state index in [2.05, 4.69) is 15.5 Å². The number of hydrogen-bond acceptors (Lipinski definition) is 5. The van der Waals surface area contributed by atoms with Crippen LogP contribution >= 0.6 is 0 Å². The van der Waals surface area contributed by atoms with Crippen molar-refractivity contribution >= 4 is 11.6 Å². The van der Waals surface area contributed by atoms with Crippen LogP contribution < -0.4 is 10.1 Å². The van der Waals surface area contributed by atoms with Crippen LogP contribution in [0.3, 0.4) is 0 Å². The number of aryl methyl sites for hydroxylation is 1. The van der Waals surface area contributed by atoms with Crippen molar-refractivity contribution in [3.8, 4) is 17.2 Å². The van der Waals surface area contributed by atoms with Gasteiger partial charge in [-0.3, -0.25) is 4.79 Å². The summed E-state index contributed by atoms with van der Waals surface area (Å²) in [6, 6.07) is 12.8. The first-order valence-corrected chi connectivity index (χ1v) is 7.19. The third-order valence-electron chi connectivity index (χ3n) is 3.15. The van der Waals surface area contributed by atoms with Gasteiger partial charge in [-0.25, -0.2) is 4.39 Å². The maximum atomic E-state index is 13.4. The summed E-state index contributed by atoms with van der Waals surface area (Å²) in [6.07, 6.45) is 0. The number of ether oxygens (including phenoxy) is 1. The Bertz CT molecular complexity index is 846. The minimum atomic E-state index is -0.495. The molecule has 0 aliphatic carbocycles. The molecule has 0 aliphatic heterocycles. The van der Waals surface area contributed by atoms with Gasteiger partial charge in [0.15, 0.2) is 6.61 Å². The molecule has 0 spiro atoms. The fourth-order valence-corrected chi connectivity index (χ4v) is 2.00. The van der Waals surface area contributed by atoms with Gasteiger partial charge in [0.1, 0.15) is 11.6 Å². The lowest BCUT2D eigenvalue weighted by Crippen LogP contribution is -2.20. The molecule has 122 valence electrons. The Hall–Kier alpha value is -3.22. The minimum absolute atomic E-state index is 0.119. The van der Waals surface area contributed by atoms with E-state index < -0.39 is 11.7 Å². The highest BCUT2D eigenvalue weighted by Gasteiger charge is 2.08.